The minimum absolute atomic E-state index is 0.108. The van der Waals surface area contributed by atoms with Crippen LogP contribution in [-0.2, 0) is 4.79 Å². The molecule has 1 aromatic carbocycles. The molecule has 8 nitrogen and oxygen atoms in total. The molecular formula is C20H27N5O3. The van der Waals surface area contributed by atoms with Crippen molar-refractivity contribution in [2.75, 3.05) is 51.0 Å². The number of fused-ring (bicyclic) bond motifs is 1. The summed E-state index contributed by atoms with van der Waals surface area (Å²) in [5, 5.41) is 0.737. The second kappa shape index (κ2) is 7.69. The molecule has 0 atom stereocenters. The Morgan fingerprint density at radius 2 is 1.68 bits per heavy atom. The van der Waals surface area contributed by atoms with Crippen LogP contribution < -0.4 is 20.1 Å². The summed E-state index contributed by atoms with van der Waals surface area (Å²) >= 11 is 0. The number of likely N-dealkylation sites (tertiary alicyclic amines) is 1. The third kappa shape index (κ3) is 3.39. The van der Waals surface area contributed by atoms with Crippen molar-refractivity contribution in [2.45, 2.75) is 25.7 Å². The number of anilines is 2. The lowest BCUT2D eigenvalue weighted by Gasteiger charge is -2.33. The number of methoxy groups -OCH3 is 2. The Kier molecular flexibility index (Phi) is 5.11. The molecule has 0 bridgehead atoms. The van der Waals surface area contributed by atoms with E-state index in [0.29, 0.717) is 29.2 Å². The van der Waals surface area contributed by atoms with Crippen LogP contribution in [0.25, 0.3) is 10.9 Å². The van der Waals surface area contributed by atoms with E-state index < -0.39 is 0 Å². The summed E-state index contributed by atoms with van der Waals surface area (Å²) in [7, 11) is 3.18. The lowest BCUT2D eigenvalue weighted by Crippen LogP contribution is -2.42. The Labute approximate surface area is 164 Å². The van der Waals surface area contributed by atoms with Gasteiger partial charge in [-0.3, -0.25) is 4.79 Å². The molecule has 0 saturated carbocycles. The molecule has 2 aromatic rings. The molecule has 1 amide bonds. The van der Waals surface area contributed by atoms with Crippen molar-refractivity contribution in [3.63, 3.8) is 0 Å². The molecule has 8 heteroatoms. The zero-order chi connectivity index (χ0) is 19.7. The molecule has 3 heterocycles. The lowest BCUT2D eigenvalue weighted by atomic mass is 9.95. The van der Waals surface area contributed by atoms with Crippen LogP contribution in [0.4, 0.5) is 11.8 Å². The maximum Gasteiger partial charge on any atom is 0.227 e. The van der Waals surface area contributed by atoms with Crippen molar-refractivity contribution in [1.29, 1.82) is 0 Å². The summed E-state index contributed by atoms with van der Waals surface area (Å²) in [6.07, 6.45) is 3.90. The predicted molar refractivity (Wildman–Crippen MR) is 108 cm³/mol. The van der Waals surface area contributed by atoms with E-state index in [1.54, 1.807) is 20.3 Å². The van der Waals surface area contributed by atoms with Crippen LogP contribution in [-0.4, -0.2) is 61.2 Å². The van der Waals surface area contributed by atoms with E-state index in [1.807, 2.05) is 11.0 Å². The lowest BCUT2D eigenvalue weighted by molar-refractivity contribution is -0.135. The minimum atomic E-state index is 0.108. The zero-order valence-corrected chi connectivity index (χ0v) is 16.5. The second-order valence-corrected chi connectivity index (χ2v) is 7.43. The van der Waals surface area contributed by atoms with Crippen LogP contribution in [0, 0.1) is 5.92 Å². The second-order valence-electron chi connectivity index (χ2n) is 7.43. The number of aromatic nitrogens is 2. The highest BCUT2D eigenvalue weighted by Crippen LogP contribution is 2.34. The summed E-state index contributed by atoms with van der Waals surface area (Å²) in [6.45, 7) is 3.33. The average molecular weight is 385 g/mol. The van der Waals surface area contributed by atoms with Gasteiger partial charge in [-0.1, -0.05) is 0 Å². The van der Waals surface area contributed by atoms with Gasteiger partial charge in [-0.2, -0.15) is 4.98 Å². The molecule has 1 aromatic heterocycles. The van der Waals surface area contributed by atoms with Gasteiger partial charge < -0.3 is 25.0 Å². The summed E-state index contributed by atoms with van der Waals surface area (Å²) in [5.41, 5.74) is 6.92. The highest BCUT2D eigenvalue weighted by atomic mass is 16.5. The van der Waals surface area contributed by atoms with Crippen LogP contribution >= 0.6 is 0 Å². The van der Waals surface area contributed by atoms with E-state index in [9.17, 15) is 4.79 Å². The maximum atomic E-state index is 12.6. The number of carbonyl (C=O) groups excluding carboxylic acids is 1. The summed E-state index contributed by atoms with van der Waals surface area (Å²) in [4.78, 5) is 26.0. The quantitative estimate of drug-likeness (QED) is 0.861. The Hall–Kier alpha value is -2.77. The van der Waals surface area contributed by atoms with Gasteiger partial charge >= 0.3 is 0 Å². The van der Waals surface area contributed by atoms with E-state index >= 15 is 0 Å². The van der Waals surface area contributed by atoms with Crippen LogP contribution in [0.2, 0.25) is 0 Å². The van der Waals surface area contributed by atoms with Gasteiger partial charge in [0.05, 0.1) is 19.7 Å². The van der Waals surface area contributed by atoms with Crippen molar-refractivity contribution in [3.8, 4) is 11.5 Å². The van der Waals surface area contributed by atoms with Crippen LogP contribution in [0.3, 0.4) is 0 Å². The number of benzene rings is 1. The number of ether oxygens (including phenoxy) is 2. The van der Waals surface area contributed by atoms with Gasteiger partial charge in [-0.25, -0.2) is 4.98 Å². The number of nitrogens with two attached hydrogens (primary N) is 1. The Morgan fingerprint density at radius 3 is 2.32 bits per heavy atom. The van der Waals surface area contributed by atoms with Gasteiger partial charge in [0.25, 0.3) is 0 Å². The number of amides is 1. The molecule has 2 N–H and O–H groups in total. The van der Waals surface area contributed by atoms with Crippen molar-refractivity contribution < 1.29 is 14.3 Å². The minimum Gasteiger partial charge on any atom is -0.493 e. The van der Waals surface area contributed by atoms with Crippen LogP contribution in [0.5, 0.6) is 11.5 Å². The van der Waals surface area contributed by atoms with Gasteiger partial charge in [0, 0.05) is 43.5 Å². The first-order valence-electron chi connectivity index (χ1n) is 9.83. The third-order valence-electron chi connectivity index (χ3n) is 5.76. The summed E-state index contributed by atoms with van der Waals surface area (Å²) < 4.78 is 10.7. The van der Waals surface area contributed by atoms with Gasteiger partial charge in [0.15, 0.2) is 11.5 Å². The van der Waals surface area contributed by atoms with Crippen molar-refractivity contribution in [2.24, 2.45) is 5.92 Å². The van der Waals surface area contributed by atoms with E-state index in [4.69, 9.17) is 20.2 Å². The van der Waals surface area contributed by atoms with Gasteiger partial charge in [-0.05, 0) is 31.7 Å². The number of rotatable bonds is 4. The fourth-order valence-corrected chi connectivity index (χ4v) is 4.13. The molecule has 28 heavy (non-hydrogen) atoms. The Bertz CT molecular complexity index is 874. The molecule has 4 rings (SSSR count). The van der Waals surface area contributed by atoms with E-state index in [2.05, 4.69) is 9.88 Å². The monoisotopic (exact) mass is 385 g/mol. The zero-order valence-electron chi connectivity index (χ0n) is 16.5. The molecule has 150 valence electrons. The molecule has 2 saturated heterocycles. The van der Waals surface area contributed by atoms with E-state index in [0.717, 1.165) is 62.8 Å². The number of hydrogen-bond acceptors (Lipinski definition) is 7. The van der Waals surface area contributed by atoms with Crippen molar-refractivity contribution in [3.05, 3.63) is 12.1 Å². The standard InChI is InChI=1S/C20H27N5O3/c1-27-16-11-14-15(12-17(16)28-2)22-20(23-18(14)21)25-9-5-13(6-10-25)19(26)24-7-3-4-8-24/h11-13H,3-10H2,1-2H3,(H2,21,22,23). The van der Waals surface area contributed by atoms with Crippen LogP contribution in [0.15, 0.2) is 12.1 Å². The highest BCUT2D eigenvalue weighted by Gasteiger charge is 2.30. The molecular weight excluding hydrogens is 358 g/mol. The molecule has 2 fully saturated rings. The highest BCUT2D eigenvalue weighted by molar-refractivity contribution is 5.91. The van der Waals surface area contributed by atoms with Crippen molar-refractivity contribution >= 4 is 28.6 Å². The fraction of sp³-hybridized carbons (Fsp3) is 0.550. The maximum absolute atomic E-state index is 12.6. The van der Waals surface area contributed by atoms with Gasteiger partial charge in [-0.15, -0.1) is 0 Å². The molecule has 0 radical (unpaired) electrons. The Balaban J connectivity index is 1.52. The predicted octanol–water partition coefficient (Wildman–Crippen LogP) is 2.07. The molecule has 0 unspecified atom stereocenters. The normalized spacial score (nSPS) is 17.9. The first kappa shape index (κ1) is 18.6. The summed E-state index contributed by atoms with van der Waals surface area (Å²) in [5.74, 6) is 2.64. The van der Waals surface area contributed by atoms with E-state index in [1.165, 1.54) is 0 Å². The van der Waals surface area contributed by atoms with Gasteiger partial charge in [0.1, 0.15) is 5.82 Å². The number of carbonyl (C=O) groups is 1. The smallest absolute Gasteiger partial charge is 0.227 e. The number of hydrogen-bond donors (Lipinski definition) is 1. The fourth-order valence-electron chi connectivity index (χ4n) is 4.13. The van der Waals surface area contributed by atoms with Crippen molar-refractivity contribution in [1.82, 2.24) is 14.9 Å². The first-order chi connectivity index (χ1) is 13.6. The topological polar surface area (TPSA) is 93.8 Å². The average Bonchev–Trinajstić information content (AvgIpc) is 3.27. The molecule has 0 aliphatic carbocycles. The number of nitrogens with zero attached hydrogens (tertiary/aromatic N) is 4. The largest absolute Gasteiger partial charge is 0.493 e. The Morgan fingerprint density at radius 1 is 1.04 bits per heavy atom. The SMILES string of the molecule is COc1cc2nc(N3CCC(C(=O)N4CCCC4)CC3)nc(N)c2cc1OC. The van der Waals surface area contributed by atoms with Gasteiger partial charge in [0.2, 0.25) is 11.9 Å². The molecule has 0 spiro atoms. The van der Waals surface area contributed by atoms with E-state index in [-0.39, 0.29) is 5.92 Å². The number of nitrogen functional groups attached to an aromatic ring is 1. The molecule has 2 aliphatic heterocycles. The first-order valence-corrected chi connectivity index (χ1v) is 9.83. The van der Waals surface area contributed by atoms with Crippen LogP contribution in [0.1, 0.15) is 25.7 Å². The molecule has 2 aliphatic rings. The number of piperidine rings is 1. The summed E-state index contributed by atoms with van der Waals surface area (Å²) in [6, 6.07) is 3.62. The third-order valence-corrected chi connectivity index (χ3v) is 5.76.